The molecule has 33 heavy (non-hydrogen) atoms. The minimum absolute atomic E-state index is 0.539. The Hall–Kier alpha value is -0.350. The Bertz CT molecular complexity index is 893. The van der Waals surface area contributed by atoms with E-state index < -0.39 is 45.9 Å². The first-order chi connectivity index (χ1) is 14.9. The second-order valence-electron chi connectivity index (χ2n) is 14.7. The molecule has 0 amide bonds. The van der Waals surface area contributed by atoms with Gasteiger partial charge in [-0.2, -0.15) is 0 Å². The Balaban J connectivity index is 2.43. The van der Waals surface area contributed by atoms with E-state index in [2.05, 4.69) is 133 Å². The van der Waals surface area contributed by atoms with Crippen molar-refractivity contribution >= 4 is 51.7 Å². The van der Waals surface area contributed by atoms with Gasteiger partial charge in [-0.25, -0.2) is 0 Å². The molecule has 3 rings (SSSR count). The standard InChI is InChI=1S/C27H48GeOSi4/c1-30(2,3)26(31(4,5)6)28(27(32(7,8)9)33(10,11)12)24-21-17-16-20-23(24)25(29-28)22-18-14-13-15-19-22/h13-21,24,26-27H,1-12H3. The first-order valence-electron chi connectivity index (χ1n) is 12.8. The van der Waals surface area contributed by atoms with E-state index in [0.29, 0.717) is 4.75 Å². The molecule has 1 atom stereocenters. The summed E-state index contributed by atoms with van der Waals surface area (Å²) in [5.74, 6) is 1.24. The molecule has 0 bridgehead atoms. The topological polar surface area (TPSA) is 9.23 Å². The van der Waals surface area contributed by atoms with Crippen molar-refractivity contribution in [3.8, 4) is 0 Å². The van der Waals surface area contributed by atoms with Crippen LogP contribution in [0.1, 0.15) is 5.56 Å². The summed E-state index contributed by atoms with van der Waals surface area (Å²) in [5, 5.41) is 0. The van der Waals surface area contributed by atoms with Crippen LogP contribution in [0.2, 0.25) is 91.3 Å². The summed E-state index contributed by atoms with van der Waals surface area (Å²) in [7, 11) is -6.03. The first kappa shape index (κ1) is 27.2. The van der Waals surface area contributed by atoms with E-state index in [1.165, 1.54) is 16.9 Å². The van der Waals surface area contributed by atoms with Crippen LogP contribution in [0.5, 0.6) is 0 Å². The molecule has 0 saturated heterocycles. The summed E-state index contributed by atoms with van der Waals surface area (Å²) >= 11 is -3.07. The Labute approximate surface area is 211 Å². The van der Waals surface area contributed by atoms with Crippen molar-refractivity contribution in [3.63, 3.8) is 0 Å². The maximum atomic E-state index is 7.92. The molecule has 1 heterocycles. The number of fused-ring (bicyclic) bond motifs is 1. The summed E-state index contributed by atoms with van der Waals surface area (Å²) in [6.07, 6.45) is 9.62. The van der Waals surface area contributed by atoms with Crippen molar-refractivity contribution < 1.29 is 3.76 Å². The van der Waals surface area contributed by atoms with Crippen LogP contribution >= 0.6 is 0 Å². The van der Waals surface area contributed by atoms with Gasteiger partial charge in [0.05, 0.1) is 0 Å². The van der Waals surface area contributed by atoms with E-state index in [1.54, 1.807) is 0 Å². The molecule has 0 radical (unpaired) electrons. The Morgan fingerprint density at radius 1 is 0.667 bits per heavy atom. The second-order valence-corrected chi connectivity index (χ2v) is 49.6. The third kappa shape index (κ3) is 5.13. The van der Waals surface area contributed by atoms with Gasteiger partial charge in [0.15, 0.2) is 0 Å². The van der Waals surface area contributed by atoms with Crippen LogP contribution in [0.3, 0.4) is 0 Å². The molecule has 1 aromatic carbocycles. The average Bonchev–Trinajstić information content (AvgIpc) is 2.92. The Morgan fingerprint density at radius 2 is 1.12 bits per heavy atom. The molecule has 1 unspecified atom stereocenters. The molecule has 0 aromatic heterocycles. The van der Waals surface area contributed by atoms with Crippen LogP contribution in [0, 0.1) is 0 Å². The second kappa shape index (κ2) is 8.95. The van der Waals surface area contributed by atoms with Crippen LogP contribution in [-0.4, -0.2) is 45.9 Å². The maximum absolute atomic E-state index is 7.92. The molecule has 1 aromatic rings. The quantitative estimate of drug-likeness (QED) is 0.296. The number of allylic oxidation sites excluding steroid dienone is 5. The molecule has 0 fully saturated rings. The van der Waals surface area contributed by atoms with Crippen LogP contribution in [-0.2, 0) is 3.76 Å². The van der Waals surface area contributed by atoms with E-state index in [-0.39, 0.29) is 0 Å². The van der Waals surface area contributed by atoms with Gasteiger partial charge >= 0.3 is 213 Å². The van der Waals surface area contributed by atoms with E-state index in [9.17, 15) is 0 Å². The van der Waals surface area contributed by atoms with Gasteiger partial charge in [-0.1, -0.05) is 0 Å². The van der Waals surface area contributed by atoms with E-state index in [0.717, 1.165) is 7.99 Å². The third-order valence-corrected chi connectivity index (χ3v) is 64.0. The van der Waals surface area contributed by atoms with Crippen molar-refractivity contribution in [2.24, 2.45) is 0 Å². The van der Waals surface area contributed by atoms with Gasteiger partial charge in [-0.05, 0) is 0 Å². The van der Waals surface area contributed by atoms with Gasteiger partial charge in [0.2, 0.25) is 0 Å². The van der Waals surface area contributed by atoms with E-state index >= 15 is 0 Å². The summed E-state index contributed by atoms with van der Waals surface area (Å²) in [6, 6.07) is 11.0. The van der Waals surface area contributed by atoms with Crippen LogP contribution in [0.25, 0.3) is 5.76 Å². The number of benzene rings is 1. The minimum atomic E-state index is -3.07. The molecule has 0 saturated carbocycles. The molecule has 1 nitrogen and oxygen atoms in total. The molecule has 2 aliphatic rings. The third-order valence-electron chi connectivity index (χ3n) is 7.46. The van der Waals surface area contributed by atoms with Crippen molar-refractivity contribution in [1.82, 2.24) is 0 Å². The van der Waals surface area contributed by atoms with Crippen molar-refractivity contribution in [2.75, 3.05) is 0 Å². The number of hydrogen-bond donors (Lipinski definition) is 0. The van der Waals surface area contributed by atoms with Gasteiger partial charge in [-0.3, -0.25) is 0 Å². The van der Waals surface area contributed by atoms with E-state index in [4.69, 9.17) is 3.76 Å². The van der Waals surface area contributed by atoms with Crippen LogP contribution < -0.4 is 0 Å². The normalized spacial score (nSPS) is 21.1. The molecule has 6 heteroatoms. The number of rotatable bonds is 7. The fourth-order valence-electron chi connectivity index (χ4n) is 8.22. The van der Waals surface area contributed by atoms with Crippen molar-refractivity contribution in [2.45, 2.75) is 91.3 Å². The fourth-order valence-corrected chi connectivity index (χ4v) is 86.9. The average molecular weight is 574 g/mol. The predicted octanol–water partition coefficient (Wildman–Crippen LogP) is 9.12. The van der Waals surface area contributed by atoms with Crippen molar-refractivity contribution in [3.05, 3.63) is 65.8 Å². The molecule has 0 N–H and O–H groups in total. The zero-order chi connectivity index (χ0) is 25.0. The van der Waals surface area contributed by atoms with Gasteiger partial charge < -0.3 is 0 Å². The summed E-state index contributed by atoms with van der Waals surface area (Å²) in [4.78, 5) is 0. The molecular weight excluding hydrogens is 525 g/mol. The molecule has 0 spiro atoms. The molecule has 1 aliphatic heterocycles. The zero-order valence-electron chi connectivity index (χ0n) is 23.3. The van der Waals surface area contributed by atoms with Crippen molar-refractivity contribution in [1.29, 1.82) is 0 Å². The SMILES string of the molecule is C[Si](C)(C)[CH]([Si](C)(C)C)[Ge]1([CH]([Si](C)(C)C)[Si](C)(C)C)[O]C(c2ccccc2)=C2C=CC=C[CH]21. The fraction of sp³-hybridized carbons (Fsp3) is 0.556. The summed E-state index contributed by atoms with van der Waals surface area (Å²) in [6.45, 7) is 32.0. The van der Waals surface area contributed by atoms with E-state index in [1.807, 2.05) is 0 Å². The Morgan fingerprint density at radius 3 is 1.55 bits per heavy atom. The van der Waals surface area contributed by atoms with Crippen LogP contribution in [0.15, 0.2) is 60.2 Å². The zero-order valence-corrected chi connectivity index (χ0v) is 29.4. The van der Waals surface area contributed by atoms with Gasteiger partial charge in [0.1, 0.15) is 0 Å². The number of hydrogen-bond acceptors (Lipinski definition) is 1. The summed E-state index contributed by atoms with van der Waals surface area (Å²) < 4.78 is 10.2. The molecular formula is C27H48GeOSi4. The van der Waals surface area contributed by atoms with Gasteiger partial charge in [-0.15, -0.1) is 0 Å². The summed E-state index contributed by atoms with van der Waals surface area (Å²) in [5.41, 5.74) is 2.80. The monoisotopic (exact) mass is 574 g/mol. The predicted molar refractivity (Wildman–Crippen MR) is 163 cm³/mol. The van der Waals surface area contributed by atoms with Gasteiger partial charge in [0, 0.05) is 0 Å². The molecule has 1 aliphatic carbocycles. The first-order valence-corrected chi connectivity index (χ1v) is 31.6. The Kier molecular flexibility index (Phi) is 7.39. The van der Waals surface area contributed by atoms with Crippen LogP contribution in [0.4, 0.5) is 0 Å². The van der Waals surface area contributed by atoms with Gasteiger partial charge in [0.25, 0.3) is 0 Å². The molecule has 182 valence electrons.